The van der Waals surface area contributed by atoms with Crippen LogP contribution < -0.4 is 9.47 Å². The van der Waals surface area contributed by atoms with Crippen LogP contribution in [-0.2, 0) is 31.8 Å². The van der Waals surface area contributed by atoms with Gasteiger partial charge in [0.2, 0.25) is 0 Å². The molecule has 166 valence electrons. The highest BCUT2D eigenvalue weighted by Crippen LogP contribution is 2.41. The summed E-state index contributed by atoms with van der Waals surface area (Å²) in [6.45, 7) is 4.35. The molecule has 0 radical (unpaired) electrons. The quantitative estimate of drug-likeness (QED) is 0.314. The van der Waals surface area contributed by atoms with Crippen LogP contribution in [-0.4, -0.2) is 54.7 Å². The number of rotatable bonds is 15. The summed E-state index contributed by atoms with van der Waals surface area (Å²) >= 11 is 0. The SMILES string of the molecule is CCc1c(OCOC)cc(OCOC)c(-c2ccccc2)c1CCCOCCOC. The highest BCUT2D eigenvalue weighted by molar-refractivity contribution is 5.77. The van der Waals surface area contributed by atoms with E-state index in [9.17, 15) is 0 Å². The third-order valence-corrected chi connectivity index (χ3v) is 4.70. The summed E-state index contributed by atoms with van der Waals surface area (Å²) in [4.78, 5) is 0. The molecule has 2 aromatic rings. The minimum absolute atomic E-state index is 0.161. The first-order chi connectivity index (χ1) is 14.8. The third kappa shape index (κ3) is 6.99. The van der Waals surface area contributed by atoms with Crippen molar-refractivity contribution < 1.29 is 28.4 Å². The largest absolute Gasteiger partial charge is 0.467 e. The molecular formula is C24H34O6. The van der Waals surface area contributed by atoms with E-state index >= 15 is 0 Å². The lowest BCUT2D eigenvalue weighted by Gasteiger charge is -2.22. The second kappa shape index (κ2) is 14.0. The van der Waals surface area contributed by atoms with Gasteiger partial charge in [0.1, 0.15) is 11.5 Å². The standard InChI is InChI=1S/C24H34O6/c1-5-20-21(12-9-13-28-15-14-25-2)24(19-10-7-6-8-11-19)23(30-18-27-4)16-22(20)29-17-26-3/h6-8,10-11,16H,5,9,12-15,17-18H2,1-4H3. The fourth-order valence-electron chi connectivity index (χ4n) is 3.39. The van der Waals surface area contributed by atoms with Crippen LogP contribution in [0, 0.1) is 0 Å². The van der Waals surface area contributed by atoms with E-state index in [4.69, 9.17) is 28.4 Å². The van der Waals surface area contributed by atoms with Crippen molar-refractivity contribution in [1.82, 2.24) is 0 Å². The summed E-state index contributed by atoms with van der Waals surface area (Å²) in [6.07, 6.45) is 2.56. The summed E-state index contributed by atoms with van der Waals surface area (Å²) in [5.41, 5.74) is 4.55. The highest BCUT2D eigenvalue weighted by Gasteiger charge is 2.20. The van der Waals surface area contributed by atoms with Crippen molar-refractivity contribution in [2.75, 3.05) is 54.7 Å². The average Bonchev–Trinajstić information content (AvgIpc) is 2.78. The number of ether oxygens (including phenoxy) is 6. The molecule has 6 heteroatoms. The molecule has 30 heavy (non-hydrogen) atoms. The number of methoxy groups -OCH3 is 3. The molecule has 0 amide bonds. The van der Waals surface area contributed by atoms with Crippen LogP contribution in [0.1, 0.15) is 24.5 Å². The third-order valence-electron chi connectivity index (χ3n) is 4.70. The monoisotopic (exact) mass is 418 g/mol. The maximum absolute atomic E-state index is 5.97. The van der Waals surface area contributed by atoms with E-state index in [1.54, 1.807) is 21.3 Å². The predicted octanol–water partition coefficient (Wildman–Crippen LogP) is 4.48. The van der Waals surface area contributed by atoms with E-state index in [2.05, 4.69) is 19.1 Å². The molecule has 0 spiro atoms. The van der Waals surface area contributed by atoms with Crippen molar-refractivity contribution in [1.29, 1.82) is 0 Å². The van der Waals surface area contributed by atoms with Gasteiger partial charge in [0, 0.05) is 39.6 Å². The molecule has 0 saturated carbocycles. The zero-order valence-corrected chi connectivity index (χ0v) is 18.6. The molecule has 0 aliphatic carbocycles. The molecule has 0 saturated heterocycles. The molecule has 0 aliphatic heterocycles. The Bertz CT molecular complexity index is 732. The van der Waals surface area contributed by atoms with Gasteiger partial charge in [-0.15, -0.1) is 0 Å². The summed E-state index contributed by atoms with van der Waals surface area (Å²) in [6, 6.07) is 12.2. The van der Waals surface area contributed by atoms with Gasteiger partial charge < -0.3 is 28.4 Å². The Hall–Kier alpha value is -2.12. The highest BCUT2D eigenvalue weighted by atomic mass is 16.7. The van der Waals surface area contributed by atoms with E-state index < -0.39 is 0 Å². The number of benzene rings is 2. The Morgan fingerprint density at radius 3 is 2.07 bits per heavy atom. The van der Waals surface area contributed by atoms with E-state index in [1.807, 2.05) is 24.3 Å². The Labute approximate surface area is 180 Å². The fourth-order valence-corrected chi connectivity index (χ4v) is 3.39. The molecule has 0 aromatic heterocycles. The van der Waals surface area contributed by atoms with Crippen molar-refractivity contribution in [2.45, 2.75) is 26.2 Å². The van der Waals surface area contributed by atoms with Gasteiger partial charge >= 0.3 is 0 Å². The first-order valence-corrected chi connectivity index (χ1v) is 10.3. The average molecular weight is 419 g/mol. The van der Waals surface area contributed by atoms with E-state index in [-0.39, 0.29) is 13.6 Å². The van der Waals surface area contributed by atoms with E-state index in [0.29, 0.717) is 19.8 Å². The summed E-state index contributed by atoms with van der Waals surface area (Å²) in [5, 5.41) is 0. The van der Waals surface area contributed by atoms with E-state index in [1.165, 1.54) is 5.56 Å². The zero-order valence-electron chi connectivity index (χ0n) is 18.6. The normalized spacial score (nSPS) is 10.9. The minimum atomic E-state index is 0.161. The van der Waals surface area contributed by atoms with Crippen molar-refractivity contribution in [2.24, 2.45) is 0 Å². The van der Waals surface area contributed by atoms with Gasteiger partial charge in [0.15, 0.2) is 13.6 Å². The molecule has 2 aromatic carbocycles. The number of hydrogen-bond donors (Lipinski definition) is 0. The molecular weight excluding hydrogens is 384 g/mol. The molecule has 2 rings (SSSR count). The maximum Gasteiger partial charge on any atom is 0.188 e. The lowest BCUT2D eigenvalue weighted by atomic mass is 9.89. The predicted molar refractivity (Wildman–Crippen MR) is 117 cm³/mol. The zero-order chi connectivity index (χ0) is 21.6. The summed E-state index contributed by atoms with van der Waals surface area (Å²) in [7, 11) is 4.91. The van der Waals surface area contributed by atoms with Crippen molar-refractivity contribution in [3.8, 4) is 22.6 Å². The second-order valence-corrected chi connectivity index (χ2v) is 6.73. The molecule has 0 unspecified atom stereocenters. The Morgan fingerprint density at radius 2 is 1.43 bits per heavy atom. The topological polar surface area (TPSA) is 55.4 Å². The Balaban J connectivity index is 2.45. The molecule has 0 N–H and O–H groups in total. The molecule has 0 bridgehead atoms. The molecule has 0 aliphatic rings. The lowest BCUT2D eigenvalue weighted by Crippen LogP contribution is -2.10. The molecule has 0 atom stereocenters. The molecule has 0 heterocycles. The van der Waals surface area contributed by atoms with Gasteiger partial charge in [-0.3, -0.25) is 0 Å². The summed E-state index contributed by atoms with van der Waals surface area (Å²) < 4.78 is 32.9. The van der Waals surface area contributed by atoms with Crippen LogP contribution in [0.3, 0.4) is 0 Å². The van der Waals surface area contributed by atoms with Gasteiger partial charge in [-0.2, -0.15) is 0 Å². The van der Waals surface area contributed by atoms with Crippen LogP contribution in [0.15, 0.2) is 36.4 Å². The van der Waals surface area contributed by atoms with Crippen LogP contribution in [0.4, 0.5) is 0 Å². The Kier molecular flexibility index (Phi) is 11.3. The van der Waals surface area contributed by atoms with Gasteiger partial charge in [-0.05, 0) is 36.0 Å². The van der Waals surface area contributed by atoms with Crippen molar-refractivity contribution in [3.05, 3.63) is 47.5 Å². The first-order valence-electron chi connectivity index (χ1n) is 10.3. The van der Waals surface area contributed by atoms with Gasteiger partial charge in [0.25, 0.3) is 0 Å². The van der Waals surface area contributed by atoms with E-state index in [0.717, 1.165) is 47.5 Å². The number of hydrogen-bond acceptors (Lipinski definition) is 6. The van der Waals surface area contributed by atoms with Crippen LogP contribution >= 0.6 is 0 Å². The minimum Gasteiger partial charge on any atom is -0.467 e. The van der Waals surface area contributed by atoms with Crippen LogP contribution in [0.2, 0.25) is 0 Å². The lowest BCUT2D eigenvalue weighted by molar-refractivity contribution is 0.0457. The fraction of sp³-hybridized carbons (Fsp3) is 0.500. The van der Waals surface area contributed by atoms with Gasteiger partial charge in [-0.1, -0.05) is 37.3 Å². The van der Waals surface area contributed by atoms with Crippen LogP contribution in [0.5, 0.6) is 11.5 Å². The van der Waals surface area contributed by atoms with Crippen molar-refractivity contribution >= 4 is 0 Å². The molecule has 0 fully saturated rings. The van der Waals surface area contributed by atoms with Crippen molar-refractivity contribution in [3.63, 3.8) is 0 Å². The van der Waals surface area contributed by atoms with Gasteiger partial charge in [0.05, 0.1) is 13.2 Å². The second-order valence-electron chi connectivity index (χ2n) is 6.73. The first kappa shape index (κ1) is 24.2. The van der Waals surface area contributed by atoms with Crippen LogP contribution in [0.25, 0.3) is 11.1 Å². The molecule has 6 nitrogen and oxygen atoms in total. The summed E-state index contributed by atoms with van der Waals surface area (Å²) in [5.74, 6) is 1.52. The maximum atomic E-state index is 5.97. The smallest absolute Gasteiger partial charge is 0.188 e. The Morgan fingerprint density at radius 1 is 0.733 bits per heavy atom. The van der Waals surface area contributed by atoms with Gasteiger partial charge in [-0.25, -0.2) is 0 Å².